The number of nitrogens with one attached hydrogen (secondary N) is 2. The van der Waals surface area contributed by atoms with Gasteiger partial charge in [-0.25, -0.2) is 0 Å². The maximum absolute atomic E-state index is 12.1. The standard InChI is InChI=1S/C14H17ClN2O3/c15-10-5-12-13(20-8-19-12)6-11(10)17-14(18)4-9-2-1-3-16-7-9/h5-6,9,16H,1-4,7-8H2,(H,17,18). The summed E-state index contributed by atoms with van der Waals surface area (Å²) < 4.78 is 10.5. The maximum atomic E-state index is 12.1. The molecule has 2 N–H and O–H groups in total. The molecule has 20 heavy (non-hydrogen) atoms. The molecule has 0 radical (unpaired) electrons. The second-order valence-corrected chi connectivity index (χ2v) is 5.56. The van der Waals surface area contributed by atoms with Crippen LogP contribution in [0.2, 0.25) is 5.02 Å². The van der Waals surface area contributed by atoms with E-state index < -0.39 is 0 Å². The molecule has 2 aliphatic heterocycles. The largest absolute Gasteiger partial charge is 0.454 e. The third kappa shape index (κ3) is 2.99. The summed E-state index contributed by atoms with van der Waals surface area (Å²) in [7, 11) is 0. The Balaban J connectivity index is 1.63. The van der Waals surface area contributed by atoms with Crippen LogP contribution in [0.1, 0.15) is 19.3 Å². The van der Waals surface area contributed by atoms with Crippen molar-refractivity contribution in [1.29, 1.82) is 0 Å². The third-order valence-electron chi connectivity index (χ3n) is 3.61. The lowest BCUT2D eigenvalue weighted by atomic mass is 9.96. The van der Waals surface area contributed by atoms with Crippen LogP contribution in [0.3, 0.4) is 0 Å². The SMILES string of the molecule is O=C(CC1CCCNC1)Nc1cc2c(cc1Cl)OCO2. The first-order valence-corrected chi connectivity index (χ1v) is 7.20. The van der Waals surface area contributed by atoms with E-state index >= 15 is 0 Å². The third-order valence-corrected chi connectivity index (χ3v) is 3.92. The summed E-state index contributed by atoms with van der Waals surface area (Å²) >= 11 is 6.13. The zero-order valence-electron chi connectivity index (χ0n) is 11.1. The molecular formula is C14H17ClN2O3. The highest BCUT2D eigenvalue weighted by Crippen LogP contribution is 2.39. The number of ether oxygens (including phenoxy) is 2. The lowest BCUT2D eigenvalue weighted by Crippen LogP contribution is -2.32. The molecule has 1 amide bonds. The summed E-state index contributed by atoms with van der Waals surface area (Å²) in [5, 5.41) is 6.62. The van der Waals surface area contributed by atoms with Crippen molar-refractivity contribution in [3.63, 3.8) is 0 Å². The van der Waals surface area contributed by atoms with Gasteiger partial charge >= 0.3 is 0 Å². The van der Waals surface area contributed by atoms with E-state index in [-0.39, 0.29) is 12.7 Å². The molecule has 1 saturated heterocycles. The van der Waals surface area contributed by atoms with Gasteiger partial charge in [-0.2, -0.15) is 0 Å². The molecular weight excluding hydrogens is 280 g/mol. The molecule has 1 atom stereocenters. The number of benzene rings is 1. The van der Waals surface area contributed by atoms with Crippen LogP contribution in [0.25, 0.3) is 0 Å². The Bertz CT molecular complexity index is 515. The molecule has 1 unspecified atom stereocenters. The molecule has 0 spiro atoms. The Hall–Kier alpha value is -1.46. The summed E-state index contributed by atoms with van der Waals surface area (Å²) in [6, 6.07) is 3.38. The van der Waals surface area contributed by atoms with E-state index in [4.69, 9.17) is 21.1 Å². The van der Waals surface area contributed by atoms with E-state index in [0.717, 1.165) is 25.9 Å². The molecule has 3 rings (SSSR count). The highest BCUT2D eigenvalue weighted by molar-refractivity contribution is 6.34. The van der Waals surface area contributed by atoms with Crippen LogP contribution in [-0.2, 0) is 4.79 Å². The van der Waals surface area contributed by atoms with Gasteiger partial charge in [0, 0.05) is 18.6 Å². The molecule has 0 aromatic heterocycles. The molecule has 2 heterocycles. The molecule has 0 bridgehead atoms. The number of halogens is 1. The van der Waals surface area contributed by atoms with Gasteiger partial charge in [-0.1, -0.05) is 11.6 Å². The monoisotopic (exact) mass is 296 g/mol. The van der Waals surface area contributed by atoms with E-state index in [2.05, 4.69) is 10.6 Å². The number of piperidine rings is 1. The van der Waals surface area contributed by atoms with E-state index in [9.17, 15) is 4.79 Å². The number of rotatable bonds is 3. The van der Waals surface area contributed by atoms with Gasteiger partial charge in [0.15, 0.2) is 11.5 Å². The van der Waals surface area contributed by atoms with Crippen LogP contribution in [0.15, 0.2) is 12.1 Å². The summed E-state index contributed by atoms with van der Waals surface area (Å²) in [4.78, 5) is 12.1. The van der Waals surface area contributed by atoms with E-state index in [1.54, 1.807) is 12.1 Å². The minimum atomic E-state index is -0.0144. The molecule has 6 heteroatoms. The first-order chi connectivity index (χ1) is 9.72. The molecule has 1 aromatic carbocycles. The molecule has 0 saturated carbocycles. The molecule has 5 nitrogen and oxygen atoms in total. The Morgan fingerprint density at radius 1 is 1.40 bits per heavy atom. The predicted molar refractivity (Wildman–Crippen MR) is 76.4 cm³/mol. The van der Waals surface area contributed by atoms with Crippen molar-refractivity contribution < 1.29 is 14.3 Å². The number of hydrogen-bond donors (Lipinski definition) is 2. The highest BCUT2D eigenvalue weighted by atomic mass is 35.5. The van der Waals surface area contributed by atoms with Crippen molar-refractivity contribution in [1.82, 2.24) is 5.32 Å². The number of carbonyl (C=O) groups excluding carboxylic acids is 1. The quantitative estimate of drug-likeness (QED) is 0.899. The minimum Gasteiger partial charge on any atom is -0.454 e. The Kier molecular flexibility index (Phi) is 3.98. The Morgan fingerprint density at radius 3 is 2.95 bits per heavy atom. The lowest BCUT2D eigenvalue weighted by molar-refractivity contribution is -0.117. The minimum absolute atomic E-state index is 0.0144. The van der Waals surface area contributed by atoms with E-state index in [1.165, 1.54) is 0 Å². The van der Waals surface area contributed by atoms with Crippen LogP contribution < -0.4 is 20.1 Å². The first kappa shape index (κ1) is 13.5. The zero-order valence-corrected chi connectivity index (χ0v) is 11.8. The first-order valence-electron chi connectivity index (χ1n) is 6.82. The van der Waals surface area contributed by atoms with Crippen LogP contribution in [0, 0.1) is 5.92 Å². The van der Waals surface area contributed by atoms with Crippen LogP contribution in [-0.4, -0.2) is 25.8 Å². The van der Waals surface area contributed by atoms with Crippen LogP contribution in [0.4, 0.5) is 5.69 Å². The average Bonchev–Trinajstić information content (AvgIpc) is 2.87. The van der Waals surface area contributed by atoms with Crippen molar-refractivity contribution in [2.45, 2.75) is 19.3 Å². The summed E-state index contributed by atoms with van der Waals surface area (Å²) in [5.74, 6) is 1.62. The van der Waals surface area contributed by atoms with Gasteiger partial charge in [-0.3, -0.25) is 4.79 Å². The van der Waals surface area contributed by atoms with Gasteiger partial charge in [-0.15, -0.1) is 0 Å². The van der Waals surface area contributed by atoms with Crippen molar-refractivity contribution in [3.8, 4) is 11.5 Å². The van der Waals surface area contributed by atoms with Crippen LogP contribution in [0.5, 0.6) is 11.5 Å². The molecule has 0 aliphatic carbocycles. The molecule has 108 valence electrons. The summed E-state index contributed by atoms with van der Waals surface area (Å²) in [5.41, 5.74) is 0.574. The van der Waals surface area contributed by atoms with E-state index in [1.807, 2.05) is 0 Å². The Morgan fingerprint density at radius 2 is 2.20 bits per heavy atom. The fraction of sp³-hybridized carbons (Fsp3) is 0.500. The van der Waals surface area contributed by atoms with Crippen LogP contribution >= 0.6 is 11.6 Å². The van der Waals surface area contributed by atoms with Gasteiger partial charge in [0.05, 0.1) is 10.7 Å². The van der Waals surface area contributed by atoms with E-state index in [0.29, 0.717) is 34.5 Å². The van der Waals surface area contributed by atoms with Crippen molar-refractivity contribution >= 4 is 23.2 Å². The number of fused-ring (bicyclic) bond motifs is 1. The predicted octanol–water partition coefficient (Wildman–Crippen LogP) is 2.40. The number of amides is 1. The van der Waals surface area contributed by atoms with Gasteiger partial charge < -0.3 is 20.1 Å². The smallest absolute Gasteiger partial charge is 0.231 e. The zero-order chi connectivity index (χ0) is 13.9. The van der Waals surface area contributed by atoms with Gasteiger partial charge in [-0.05, 0) is 31.8 Å². The van der Waals surface area contributed by atoms with Gasteiger partial charge in [0.1, 0.15) is 0 Å². The number of anilines is 1. The van der Waals surface area contributed by atoms with Crippen molar-refractivity contribution in [3.05, 3.63) is 17.2 Å². The Labute approximate surface area is 122 Å². The second kappa shape index (κ2) is 5.89. The number of carbonyl (C=O) groups is 1. The molecule has 1 fully saturated rings. The average molecular weight is 297 g/mol. The van der Waals surface area contributed by atoms with Gasteiger partial charge in [0.2, 0.25) is 12.7 Å². The number of hydrogen-bond acceptors (Lipinski definition) is 4. The van der Waals surface area contributed by atoms with Gasteiger partial charge in [0.25, 0.3) is 0 Å². The summed E-state index contributed by atoms with van der Waals surface area (Å²) in [6.45, 7) is 2.14. The fourth-order valence-electron chi connectivity index (χ4n) is 2.57. The molecule has 2 aliphatic rings. The maximum Gasteiger partial charge on any atom is 0.231 e. The lowest BCUT2D eigenvalue weighted by Gasteiger charge is -2.22. The van der Waals surface area contributed by atoms with Crippen molar-refractivity contribution in [2.24, 2.45) is 5.92 Å². The van der Waals surface area contributed by atoms with Crippen molar-refractivity contribution in [2.75, 3.05) is 25.2 Å². The fourth-order valence-corrected chi connectivity index (χ4v) is 2.78. The summed E-state index contributed by atoms with van der Waals surface area (Å²) in [6.07, 6.45) is 2.73. The highest BCUT2D eigenvalue weighted by Gasteiger charge is 2.20. The second-order valence-electron chi connectivity index (χ2n) is 5.15. The normalized spacial score (nSPS) is 20.8. The topological polar surface area (TPSA) is 59.6 Å². The molecule has 1 aromatic rings.